The summed E-state index contributed by atoms with van der Waals surface area (Å²) in [4.78, 5) is 16.6. The summed E-state index contributed by atoms with van der Waals surface area (Å²) in [5.41, 5.74) is 6.75. The molecule has 0 radical (unpaired) electrons. The number of halogens is 2. The summed E-state index contributed by atoms with van der Waals surface area (Å²) in [6.07, 6.45) is 2.81. The molecule has 2 aromatic rings. The minimum Gasteiger partial charge on any atom is -0.486 e. The van der Waals surface area contributed by atoms with Crippen LogP contribution in [0.3, 0.4) is 0 Å². The highest BCUT2D eigenvalue weighted by molar-refractivity contribution is 5.97. The Morgan fingerprint density at radius 1 is 1.19 bits per heavy atom. The number of oxazole rings is 1. The van der Waals surface area contributed by atoms with E-state index in [0.29, 0.717) is 42.6 Å². The number of carbonyl (C=O) groups excluding carboxylic acids is 1. The van der Waals surface area contributed by atoms with Gasteiger partial charge in [-0.25, -0.2) is 4.98 Å². The third-order valence-electron chi connectivity index (χ3n) is 4.60. The molecule has 0 atom stereocenters. The molecule has 1 aromatic carbocycles. The standard InChI is InChI=1S/C18H23N3O4.2ClH/c1-3-18(19,4-2)10-20-17(22)15-16(25-11-21-15)12-5-6-13-14(9-12)24-8-7-23-13;;/h5-6,9,11H,3-4,7-8,10,19H2,1-2H3,(H,20,22);2*1H. The number of hydrogen-bond donors (Lipinski definition) is 2. The van der Waals surface area contributed by atoms with Gasteiger partial charge in [0.1, 0.15) is 13.2 Å². The van der Waals surface area contributed by atoms with E-state index in [1.54, 1.807) is 12.1 Å². The Kier molecular flexibility index (Phi) is 8.40. The SMILES string of the molecule is CCC(N)(CC)CNC(=O)c1ncoc1-c1ccc2c(c1)OCCO2.Cl.Cl. The average molecular weight is 418 g/mol. The van der Waals surface area contributed by atoms with E-state index in [0.717, 1.165) is 12.8 Å². The molecular formula is C18H25Cl2N3O4. The van der Waals surface area contributed by atoms with Crippen molar-refractivity contribution in [2.75, 3.05) is 19.8 Å². The van der Waals surface area contributed by atoms with Gasteiger partial charge in [0.2, 0.25) is 0 Å². The molecule has 27 heavy (non-hydrogen) atoms. The normalized spacial score (nSPS) is 12.6. The molecule has 1 amide bonds. The maximum Gasteiger partial charge on any atom is 0.273 e. The van der Waals surface area contributed by atoms with Crippen molar-refractivity contribution in [2.24, 2.45) is 5.73 Å². The lowest BCUT2D eigenvalue weighted by molar-refractivity contribution is 0.0938. The summed E-state index contributed by atoms with van der Waals surface area (Å²) in [5.74, 6) is 1.39. The second-order valence-electron chi connectivity index (χ2n) is 6.14. The number of nitrogens with two attached hydrogens (primary N) is 1. The number of aromatic nitrogens is 1. The maximum atomic E-state index is 12.5. The number of amides is 1. The third-order valence-corrected chi connectivity index (χ3v) is 4.60. The number of fused-ring (bicyclic) bond motifs is 1. The number of hydrogen-bond acceptors (Lipinski definition) is 6. The number of rotatable bonds is 6. The van der Waals surface area contributed by atoms with Gasteiger partial charge in [0, 0.05) is 17.6 Å². The molecule has 1 aliphatic heterocycles. The van der Waals surface area contributed by atoms with Crippen LogP contribution in [0.5, 0.6) is 11.5 Å². The van der Waals surface area contributed by atoms with E-state index >= 15 is 0 Å². The Labute approximate surface area is 170 Å². The molecule has 3 N–H and O–H groups in total. The van der Waals surface area contributed by atoms with Crippen LogP contribution in [-0.4, -0.2) is 36.2 Å². The third kappa shape index (κ3) is 5.06. The molecule has 0 saturated carbocycles. The van der Waals surface area contributed by atoms with E-state index in [9.17, 15) is 4.79 Å². The van der Waals surface area contributed by atoms with Gasteiger partial charge in [0.05, 0.1) is 0 Å². The largest absolute Gasteiger partial charge is 0.486 e. The number of ether oxygens (including phenoxy) is 2. The van der Waals surface area contributed by atoms with Crippen LogP contribution in [-0.2, 0) is 0 Å². The molecule has 2 heterocycles. The van der Waals surface area contributed by atoms with E-state index in [1.165, 1.54) is 6.39 Å². The van der Waals surface area contributed by atoms with Crippen molar-refractivity contribution in [3.05, 3.63) is 30.3 Å². The molecule has 3 rings (SSSR count). The van der Waals surface area contributed by atoms with Gasteiger partial charge in [-0.2, -0.15) is 0 Å². The Hall–Kier alpha value is -1.96. The van der Waals surface area contributed by atoms with E-state index < -0.39 is 5.54 Å². The minimum absolute atomic E-state index is 0. The molecule has 7 nitrogen and oxygen atoms in total. The zero-order chi connectivity index (χ0) is 17.9. The highest BCUT2D eigenvalue weighted by atomic mass is 35.5. The molecule has 1 aliphatic rings. The van der Waals surface area contributed by atoms with Crippen LogP contribution < -0.4 is 20.5 Å². The maximum absolute atomic E-state index is 12.5. The van der Waals surface area contributed by atoms with Crippen molar-refractivity contribution < 1.29 is 18.7 Å². The van der Waals surface area contributed by atoms with Gasteiger partial charge in [-0.1, -0.05) is 13.8 Å². The van der Waals surface area contributed by atoms with Gasteiger partial charge < -0.3 is 24.9 Å². The molecule has 0 fully saturated rings. The molecule has 0 saturated heterocycles. The van der Waals surface area contributed by atoms with Crippen LogP contribution >= 0.6 is 24.8 Å². The van der Waals surface area contributed by atoms with Gasteiger partial charge in [0.15, 0.2) is 29.3 Å². The fraction of sp³-hybridized carbons (Fsp3) is 0.444. The molecule has 1 aromatic heterocycles. The zero-order valence-corrected chi connectivity index (χ0v) is 17.0. The fourth-order valence-corrected chi connectivity index (χ4v) is 2.64. The molecule has 150 valence electrons. The Morgan fingerprint density at radius 2 is 1.85 bits per heavy atom. The number of nitrogens with one attached hydrogen (secondary N) is 1. The van der Waals surface area contributed by atoms with Crippen molar-refractivity contribution in [2.45, 2.75) is 32.2 Å². The Morgan fingerprint density at radius 3 is 2.52 bits per heavy atom. The average Bonchev–Trinajstić information content (AvgIpc) is 3.15. The summed E-state index contributed by atoms with van der Waals surface area (Å²) in [6, 6.07) is 5.40. The van der Waals surface area contributed by atoms with Crippen LogP contribution in [0.25, 0.3) is 11.3 Å². The van der Waals surface area contributed by atoms with Crippen LogP contribution in [0.15, 0.2) is 29.0 Å². The highest BCUT2D eigenvalue weighted by Crippen LogP contribution is 2.35. The quantitative estimate of drug-likeness (QED) is 0.748. The Balaban J connectivity index is 0.00000182. The Bertz CT molecular complexity index is 763. The van der Waals surface area contributed by atoms with E-state index in [2.05, 4.69) is 10.3 Å². The smallest absolute Gasteiger partial charge is 0.273 e. The van der Waals surface area contributed by atoms with Gasteiger partial charge in [-0.3, -0.25) is 4.79 Å². The first-order chi connectivity index (χ1) is 12.1. The van der Waals surface area contributed by atoms with Crippen molar-refractivity contribution in [3.63, 3.8) is 0 Å². The highest BCUT2D eigenvalue weighted by Gasteiger charge is 2.24. The first kappa shape index (κ1) is 23.1. The second-order valence-corrected chi connectivity index (χ2v) is 6.14. The summed E-state index contributed by atoms with van der Waals surface area (Å²) >= 11 is 0. The van der Waals surface area contributed by atoms with Gasteiger partial charge >= 0.3 is 0 Å². The summed E-state index contributed by atoms with van der Waals surface area (Å²) in [7, 11) is 0. The second kappa shape index (κ2) is 9.82. The number of carbonyl (C=O) groups is 1. The van der Waals surface area contributed by atoms with Gasteiger partial charge in [-0.15, -0.1) is 24.8 Å². The molecule has 9 heteroatoms. The van der Waals surface area contributed by atoms with Crippen molar-refractivity contribution >= 4 is 30.7 Å². The molecule has 0 unspecified atom stereocenters. The number of benzene rings is 1. The van der Waals surface area contributed by atoms with Gasteiger partial charge in [0.25, 0.3) is 5.91 Å². The van der Waals surface area contributed by atoms with Crippen molar-refractivity contribution in [3.8, 4) is 22.8 Å². The van der Waals surface area contributed by atoms with Crippen LogP contribution in [0, 0.1) is 0 Å². The van der Waals surface area contributed by atoms with E-state index in [-0.39, 0.29) is 36.4 Å². The van der Waals surface area contributed by atoms with Crippen LogP contribution in [0.4, 0.5) is 0 Å². The van der Waals surface area contributed by atoms with Crippen molar-refractivity contribution in [1.82, 2.24) is 10.3 Å². The van der Waals surface area contributed by atoms with Gasteiger partial charge in [-0.05, 0) is 31.0 Å². The predicted molar refractivity (Wildman–Crippen MR) is 107 cm³/mol. The molecular weight excluding hydrogens is 393 g/mol. The van der Waals surface area contributed by atoms with E-state index in [4.69, 9.17) is 19.6 Å². The minimum atomic E-state index is -0.420. The van der Waals surface area contributed by atoms with E-state index in [1.807, 2.05) is 19.9 Å². The monoisotopic (exact) mass is 417 g/mol. The summed E-state index contributed by atoms with van der Waals surface area (Å²) in [6.45, 7) is 5.41. The first-order valence-electron chi connectivity index (χ1n) is 8.47. The van der Waals surface area contributed by atoms with Crippen LogP contribution in [0.1, 0.15) is 37.2 Å². The topological polar surface area (TPSA) is 99.6 Å². The van der Waals surface area contributed by atoms with Crippen molar-refractivity contribution in [1.29, 1.82) is 0 Å². The summed E-state index contributed by atoms with van der Waals surface area (Å²) < 4.78 is 16.5. The summed E-state index contributed by atoms with van der Waals surface area (Å²) in [5, 5.41) is 2.86. The lowest BCUT2D eigenvalue weighted by Crippen LogP contribution is -2.49. The zero-order valence-electron chi connectivity index (χ0n) is 15.3. The molecule has 0 bridgehead atoms. The number of nitrogens with zero attached hydrogens (tertiary/aromatic N) is 1. The molecule has 0 aliphatic carbocycles. The fourth-order valence-electron chi connectivity index (χ4n) is 2.64. The molecule has 0 spiro atoms. The lowest BCUT2D eigenvalue weighted by Gasteiger charge is -2.26. The predicted octanol–water partition coefficient (Wildman–Crippen LogP) is 3.20. The van der Waals surface area contributed by atoms with Crippen LogP contribution in [0.2, 0.25) is 0 Å². The first-order valence-corrected chi connectivity index (χ1v) is 8.47. The lowest BCUT2D eigenvalue weighted by atomic mass is 9.94.